The van der Waals surface area contributed by atoms with E-state index >= 15 is 0 Å². The lowest BCUT2D eigenvalue weighted by Crippen LogP contribution is -2.10. The number of rotatable bonds is 3. The molecular weight excluding hydrogens is 350 g/mol. The first-order chi connectivity index (χ1) is 8.86. The van der Waals surface area contributed by atoms with Crippen LogP contribution in [0.2, 0.25) is 0 Å². The van der Waals surface area contributed by atoms with Crippen LogP contribution in [0.15, 0.2) is 44.4 Å². The zero-order valence-electron chi connectivity index (χ0n) is 9.88. The average Bonchev–Trinajstić information content (AvgIpc) is 2.75. The summed E-state index contributed by atoms with van der Waals surface area (Å²) in [5, 5.41) is 4.44. The van der Waals surface area contributed by atoms with Crippen LogP contribution >= 0.6 is 27.3 Å². The number of halogens is 1. The Bertz CT molecular complexity index is 705. The molecule has 0 fully saturated rings. The Kier molecular flexibility index (Phi) is 4.07. The molecule has 4 nitrogen and oxygen atoms in total. The van der Waals surface area contributed by atoms with Gasteiger partial charge in [0.15, 0.2) is 9.84 Å². The molecule has 2 aromatic rings. The van der Waals surface area contributed by atoms with Gasteiger partial charge in [-0.2, -0.15) is 0 Å². The van der Waals surface area contributed by atoms with Crippen molar-refractivity contribution in [2.75, 3.05) is 11.6 Å². The van der Waals surface area contributed by atoms with E-state index in [1.165, 1.54) is 23.5 Å². The molecule has 0 spiro atoms. The summed E-state index contributed by atoms with van der Waals surface area (Å²) < 4.78 is 23.5. The number of benzene rings is 1. The van der Waals surface area contributed by atoms with Crippen LogP contribution < -0.4 is 5.32 Å². The third-order valence-electron chi connectivity index (χ3n) is 2.37. The Morgan fingerprint density at radius 3 is 2.37 bits per heavy atom. The van der Waals surface area contributed by atoms with Gasteiger partial charge in [0.2, 0.25) is 0 Å². The molecule has 0 radical (unpaired) electrons. The standard InChI is InChI=1S/C12H10BrNO3S2/c1-19(16,17)10-4-2-9(3-5-10)14-12(15)8-6-11(13)18-7-8/h2-7H,1H3,(H,14,15). The fourth-order valence-electron chi connectivity index (χ4n) is 1.42. The van der Waals surface area contributed by atoms with Crippen molar-refractivity contribution in [1.82, 2.24) is 0 Å². The van der Waals surface area contributed by atoms with Crippen molar-refractivity contribution in [2.45, 2.75) is 4.90 Å². The molecule has 0 saturated heterocycles. The molecule has 1 aromatic carbocycles. The highest BCUT2D eigenvalue weighted by atomic mass is 79.9. The second-order valence-electron chi connectivity index (χ2n) is 3.89. The predicted octanol–water partition coefficient (Wildman–Crippen LogP) is 3.17. The topological polar surface area (TPSA) is 63.2 Å². The van der Waals surface area contributed by atoms with Gasteiger partial charge in [0, 0.05) is 17.3 Å². The number of carbonyl (C=O) groups excluding carboxylic acids is 1. The number of sulfone groups is 1. The molecule has 1 N–H and O–H groups in total. The molecular formula is C12H10BrNO3S2. The van der Waals surface area contributed by atoms with Gasteiger partial charge in [-0.25, -0.2) is 8.42 Å². The van der Waals surface area contributed by atoms with Crippen LogP contribution in [0.25, 0.3) is 0 Å². The molecule has 0 atom stereocenters. The molecule has 0 aliphatic rings. The van der Waals surface area contributed by atoms with E-state index in [-0.39, 0.29) is 10.8 Å². The fourth-order valence-corrected chi connectivity index (χ4v) is 3.18. The van der Waals surface area contributed by atoms with Crippen LogP contribution in [0, 0.1) is 0 Å². The zero-order valence-corrected chi connectivity index (χ0v) is 13.1. The Labute approximate surface area is 123 Å². The number of hydrogen-bond acceptors (Lipinski definition) is 4. The van der Waals surface area contributed by atoms with Crippen molar-refractivity contribution in [3.63, 3.8) is 0 Å². The molecule has 100 valence electrons. The summed E-state index contributed by atoms with van der Waals surface area (Å²) in [6.07, 6.45) is 1.14. The second kappa shape index (κ2) is 5.44. The lowest BCUT2D eigenvalue weighted by Gasteiger charge is -2.04. The van der Waals surface area contributed by atoms with Gasteiger partial charge < -0.3 is 5.32 Å². The summed E-state index contributed by atoms with van der Waals surface area (Å²) >= 11 is 4.71. The molecule has 2 rings (SSSR count). The highest BCUT2D eigenvalue weighted by Gasteiger charge is 2.10. The van der Waals surface area contributed by atoms with Gasteiger partial charge in [-0.05, 0) is 46.3 Å². The third kappa shape index (κ3) is 3.65. The van der Waals surface area contributed by atoms with Crippen LogP contribution in [0.1, 0.15) is 10.4 Å². The molecule has 1 heterocycles. The van der Waals surface area contributed by atoms with Crippen molar-refractivity contribution in [2.24, 2.45) is 0 Å². The maximum Gasteiger partial charge on any atom is 0.256 e. The fraction of sp³-hybridized carbons (Fsp3) is 0.0833. The molecule has 0 aliphatic carbocycles. The number of nitrogens with one attached hydrogen (secondary N) is 1. The summed E-state index contributed by atoms with van der Waals surface area (Å²) in [6.45, 7) is 0. The third-order valence-corrected chi connectivity index (χ3v) is 5.00. The summed E-state index contributed by atoms with van der Waals surface area (Å²) in [4.78, 5) is 12.1. The minimum Gasteiger partial charge on any atom is -0.322 e. The maximum atomic E-state index is 11.9. The Balaban J connectivity index is 2.14. The molecule has 0 bridgehead atoms. The van der Waals surface area contributed by atoms with Gasteiger partial charge in [-0.1, -0.05) is 0 Å². The zero-order chi connectivity index (χ0) is 14.0. The minimum absolute atomic E-state index is 0.226. The molecule has 1 amide bonds. The number of thiophene rings is 1. The summed E-state index contributed by atoms with van der Waals surface area (Å²) in [6, 6.07) is 7.79. The molecule has 0 unspecified atom stereocenters. The van der Waals surface area contributed by atoms with E-state index in [9.17, 15) is 13.2 Å². The maximum absolute atomic E-state index is 11.9. The predicted molar refractivity (Wildman–Crippen MR) is 79.5 cm³/mol. The van der Waals surface area contributed by atoms with E-state index in [4.69, 9.17) is 0 Å². The van der Waals surface area contributed by atoms with E-state index in [1.54, 1.807) is 23.6 Å². The van der Waals surface area contributed by atoms with Gasteiger partial charge in [0.25, 0.3) is 5.91 Å². The Hall–Kier alpha value is -1.18. The average molecular weight is 360 g/mol. The van der Waals surface area contributed by atoms with Crippen LogP contribution in [-0.2, 0) is 9.84 Å². The first kappa shape index (κ1) is 14.2. The number of amides is 1. The van der Waals surface area contributed by atoms with E-state index < -0.39 is 9.84 Å². The SMILES string of the molecule is CS(=O)(=O)c1ccc(NC(=O)c2csc(Br)c2)cc1. The van der Waals surface area contributed by atoms with Crippen molar-refractivity contribution in [3.8, 4) is 0 Å². The second-order valence-corrected chi connectivity index (χ2v) is 8.20. The lowest BCUT2D eigenvalue weighted by atomic mass is 10.3. The number of hydrogen-bond donors (Lipinski definition) is 1. The minimum atomic E-state index is -3.21. The molecule has 7 heteroatoms. The van der Waals surface area contributed by atoms with Crippen LogP contribution in [0.3, 0.4) is 0 Å². The van der Waals surface area contributed by atoms with Gasteiger partial charge >= 0.3 is 0 Å². The van der Waals surface area contributed by atoms with Crippen molar-refractivity contribution < 1.29 is 13.2 Å². The molecule has 0 saturated carbocycles. The first-order valence-corrected chi connectivity index (χ1v) is 8.78. The highest BCUT2D eigenvalue weighted by molar-refractivity contribution is 9.11. The molecule has 0 aliphatic heterocycles. The summed E-state index contributed by atoms with van der Waals surface area (Å²) in [7, 11) is -3.21. The summed E-state index contributed by atoms with van der Waals surface area (Å²) in [5.74, 6) is -0.228. The van der Waals surface area contributed by atoms with Gasteiger partial charge in [-0.15, -0.1) is 11.3 Å². The summed E-state index contributed by atoms with van der Waals surface area (Å²) in [5.41, 5.74) is 1.11. The Morgan fingerprint density at radius 1 is 1.26 bits per heavy atom. The lowest BCUT2D eigenvalue weighted by molar-refractivity contribution is 0.102. The van der Waals surface area contributed by atoms with Crippen LogP contribution in [0.4, 0.5) is 5.69 Å². The van der Waals surface area contributed by atoms with Crippen molar-refractivity contribution in [3.05, 3.63) is 45.1 Å². The van der Waals surface area contributed by atoms with Crippen LogP contribution in [0.5, 0.6) is 0 Å². The highest BCUT2D eigenvalue weighted by Crippen LogP contribution is 2.22. The van der Waals surface area contributed by atoms with E-state index in [2.05, 4.69) is 21.2 Å². The number of anilines is 1. The quantitative estimate of drug-likeness (QED) is 0.915. The smallest absolute Gasteiger partial charge is 0.256 e. The van der Waals surface area contributed by atoms with E-state index in [0.29, 0.717) is 11.3 Å². The normalized spacial score (nSPS) is 11.3. The van der Waals surface area contributed by atoms with Crippen molar-refractivity contribution in [1.29, 1.82) is 0 Å². The van der Waals surface area contributed by atoms with Crippen LogP contribution in [-0.4, -0.2) is 20.6 Å². The molecule has 19 heavy (non-hydrogen) atoms. The van der Waals surface area contributed by atoms with Gasteiger partial charge in [0.1, 0.15) is 0 Å². The van der Waals surface area contributed by atoms with Gasteiger partial charge in [0.05, 0.1) is 14.2 Å². The van der Waals surface area contributed by atoms with E-state index in [1.807, 2.05) is 0 Å². The molecule has 1 aromatic heterocycles. The van der Waals surface area contributed by atoms with Crippen molar-refractivity contribution >= 4 is 48.7 Å². The van der Waals surface area contributed by atoms with Gasteiger partial charge in [-0.3, -0.25) is 4.79 Å². The monoisotopic (exact) mass is 359 g/mol. The first-order valence-electron chi connectivity index (χ1n) is 5.22. The number of carbonyl (C=O) groups is 1. The Morgan fingerprint density at radius 2 is 1.89 bits per heavy atom. The van der Waals surface area contributed by atoms with E-state index in [0.717, 1.165) is 10.0 Å². The largest absolute Gasteiger partial charge is 0.322 e.